The molecule has 5 nitrogen and oxygen atoms in total. The molecule has 0 aromatic carbocycles. The van der Waals surface area contributed by atoms with E-state index in [0.29, 0.717) is 18.2 Å². The molecule has 2 atom stereocenters. The van der Waals surface area contributed by atoms with Gasteiger partial charge in [0, 0.05) is 13.6 Å². The summed E-state index contributed by atoms with van der Waals surface area (Å²) in [5.41, 5.74) is 7.14. The predicted molar refractivity (Wildman–Crippen MR) is 74.8 cm³/mol. The molecule has 1 aromatic rings. The molecule has 0 aliphatic heterocycles. The van der Waals surface area contributed by atoms with E-state index in [-0.39, 0.29) is 11.4 Å². The van der Waals surface area contributed by atoms with E-state index in [1.807, 2.05) is 13.0 Å². The Hall–Kier alpha value is -1.36. The van der Waals surface area contributed by atoms with E-state index in [4.69, 9.17) is 5.73 Å². The summed E-state index contributed by atoms with van der Waals surface area (Å²) < 4.78 is 1.63. The third kappa shape index (κ3) is 2.97. The third-order valence-corrected chi connectivity index (χ3v) is 4.10. The lowest BCUT2D eigenvalue weighted by Gasteiger charge is -2.39. The van der Waals surface area contributed by atoms with E-state index in [1.165, 1.54) is 6.42 Å². The summed E-state index contributed by atoms with van der Waals surface area (Å²) >= 11 is 0. The smallest absolute Gasteiger partial charge is 0.270 e. The van der Waals surface area contributed by atoms with Crippen LogP contribution < -0.4 is 11.1 Å². The van der Waals surface area contributed by atoms with Gasteiger partial charge in [-0.3, -0.25) is 9.48 Å². The van der Waals surface area contributed by atoms with Crippen molar-refractivity contribution in [1.82, 2.24) is 15.1 Å². The molecule has 1 aliphatic carbocycles. The molecule has 19 heavy (non-hydrogen) atoms. The van der Waals surface area contributed by atoms with E-state index in [1.54, 1.807) is 11.7 Å². The number of hydrogen-bond donors (Lipinski definition) is 2. The van der Waals surface area contributed by atoms with Crippen LogP contribution in [-0.2, 0) is 7.05 Å². The van der Waals surface area contributed by atoms with Gasteiger partial charge in [-0.2, -0.15) is 5.10 Å². The van der Waals surface area contributed by atoms with Crippen molar-refractivity contribution in [1.29, 1.82) is 0 Å². The van der Waals surface area contributed by atoms with Crippen molar-refractivity contribution >= 4 is 5.91 Å². The average Bonchev–Trinajstić information content (AvgIpc) is 2.68. The maximum absolute atomic E-state index is 12.4. The molecule has 0 radical (unpaired) electrons. The quantitative estimate of drug-likeness (QED) is 0.866. The van der Waals surface area contributed by atoms with E-state index in [9.17, 15) is 4.79 Å². The fourth-order valence-corrected chi connectivity index (χ4v) is 3.14. The van der Waals surface area contributed by atoms with Gasteiger partial charge in [0.05, 0.1) is 11.2 Å². The van der Waals surface area contributed by atoms with E-state index in [2.05, 4.69) is 17.3 Å². The number of aryl methyl sites for hydroxylation is 2. The highest BCUT2D eigenvalue weighted by Crippen LogP contribution is 2.31. The molecule has 0 bridgehead atoms. The first-order valence-electron chi connectivity index (χ1n) is 6.99. The molecule has 0 saturated heterocycles. The highest BCUT2D eigenvalue weighted by Gasteiger charge is 2.35. The molecule has 1 fully saturated rings. The minimum absolute atomic E-state index is 0.0670. The van der Waals surface area contributed by atoms with Gasteiger partial charge in [-0.25, -0.2) is 0 Å². The zero-order chi connectivity index (χ0) is 14.0. The Bertz CT molecular complexity index is 468. The molecule has 106 valence electrons. The number of rotatable bonds is 3. The standard InChI is InChI=1S/C14H24N4O/c1-10-5-4-6-14(8-10,9-15)16-13(19)12-7-11(2)17-18(12)3/h7,10H,4-6,8-9,15H2,1-3H3,(H,16,19). The summed E-state index contributed by atoms with van der Waals surface area (Å²) in [6.45, 7) is 4.61. The minimum Gasteiger partial charge on any atom is -0.344 e. The molecule has 1 saturated carbocycles. The molecular formula is C14H24N4O. The lowest BCUT2D eigenvalue weighted by molar-refractivity contribution is 0.0844. The summed E-state index contributed by atoms with van der Waals surface area (Å²) in [6, 6.07) is 1.81. The van der Waals surface area contributed by atoms with Crippen molar-refractivity contribution in [2.75, 3.05) is 6.54 Å². The SMILES string of the molecule is Cc1cc(C(=O)NC2(CN)CCCC(C)C2)n(C)n1. The van der Waals surface area contributed by atoms with Crippen LogP contribution in [0.25, 0.3) is 0 Å². The lowest BCUT2D eigenvalue weighted by Crippen LogP contribution is -2.56. The second kappa shape index (κ2) is 5.33. The van der Waals surface area contributed by atoms with Gasteiger partial charge in [0.2, 0.25) is 0 Å². The van der Waals surface area contributed by atoms with Gasteiger partial charge < -0.3 is 11.1 Å². The molecule has 5 heteroatoms. The number of hydrogen-bond acceptors (Lipinski definition) is 3. The number of nitrogens with zero attached hydrogens (tertiary/aromatic N) is 2. The Morgan fingerprint density at radius 3 is 2.95 bits per heavy atom. The first-order valence-corrected chi connectivity index (χ1v) is 6.99. The van der Waals surface area contributed by atoms with Crippen LogP contribution in [0, 0.1) is 12.8 Å². The molecule has 1 heterocycles. The molecule has 1 aromatic heterocycles. The van der Waals surface area contributed by atoms with Crippen LogP contribution in [0.5, 0.6) is 0 Å². The van der Waals surface area contributed by atoms with Crippen molar-refractivity contribution < 1.29 is 4.79 Å². The maximum Gasteiger partial charge on any atom is 0.270 e. The van der Waals surface area contributed by atoms with Crippen molar-refractivity contribution in [3.63, 3.8) is 0 Å². The average molecular weight is 264 g/mol. The highest BCUT2D eigenvalue weighted by atomic mass is 16.2. The van der Waals surface area contributed by atoms with E-state index >= 15 is 0 Å². The van der Waals surface area contributed by atoms with E-state index in [0.717, 1.165) is 25.0 Å². The number of carbonyl (C=O) groups is 1. The Morgan fingerprint density at radius 2 is 2.42 bits per heavy atom. The number of nitrogens with one attached hydrogen (secondary N) is 1. The molecule has 2 rings (SSSR count). The second-order valence-electron chi connectivity index (χ2n) is 5.93. The van der Waals surface area contributed by atoms with Crippen LogP contribution in [0.15, 0.2) is 6.07 Å². The Labute approximate surface area is 114 Å². The largest absolute Gasteiger partial charge is 0.344 e. The second-order valence-corrected chi connectivity index (χ2v) is 5.93. The molecule has 0 spiro atoms. The van der Waals surface area contributed by atoms with Gasteiger partial charge >= 0.3 is 0 Å². The molecule has 2 unspecified atom stereocenters. The van der Waals surface area contributed by atoms with Crippen molar-refractivity contribution in [2.45, 2.75) is 45.1 Å². The zero-order valence-electron chi connectivity index (χ0n) is 12.1. The van der Waals surface area contributed by atoms with Gasteiger partial charge in [-0.05, 0) is 31.7 Å². The van der Waals surface area contributed by atoms with E-state index < -0.39 is 0 Å². The number of amides is 1. The lowest BCUT2D eigenvalue weighted by atomic mass is 9.76. The van der Waals surface area contributed by atoms with Gasteiger partial charge in [0.25, 0.3) is 5.91 Å². The first kappa shape index (κ1) is 14.1. The van der Waals surface area contributed by atoms with Crippen LogP contribution in [0.2, 0.25) is 0 Å². The summed E-state index contributed by atoms with van der Waals surface area (Å²) in [6.07, 6.45) is 4.29. The van der Waals surface area contributed by atoms with Crippen LogP contribution in [0.1, 0.15) is 48.8 Å². The van der Waals surface area contributed by atoms with Crippen molar-refractivity contribution in [2.24, 2.45) is 18.7 Å². The van der Waals surface area contributed by atoms with Crippen LogP contribution in [0.4, 0.5) is 0 Å². The normalized spacial score (nSPS) is 27.3. The van der Waals surface area contributed by atoms with Crippen LogP contribution in [-0.4, -0.2) is 27.8 Å². The molecule has 3 N–H and O–H groups in total. The molecule has 1 amide bonds. The van der Waals surface area contributed by atoms with Crippen molar-refractivity contribution in [3.8, 4) is 0 Å². The summed E-state index contributed by atoms with van der Waals surface area (Å²) in [5, 5.41) is 7.37. The fraction of sp³-hybridized carbons (Fsp3) is 0.714. The number of aromatic nitrogens is 2. The molecule has 1 aliphatic rings. The third-order valence-electron chi connectivity index (χ3n) is 4.10. The Kier molecular flexibility index (Phi) is 3.94. The van der Waals surface area contributed by atoms with Crippen molar-refractivity contribution in [3.05, 3.63) is 17.5 Å². The Balaban J connectivity index is 2.14. The summed E-state index contributed by atoms with van der Waals surface area (Å²) in [5.74, 6) is 0.550. The van der Waals surface area contributed by atoms with Gasteiger partial charge in [-0.15, -0.1) is 0 Å². The van der Waals surface area contributed by atoms with Crippen LogP contribution in [0.3, 0.4) is 0 Å². The van der Waals surface area contributed by atoms with Gasteiger partial charge in [-0.1, -0.05) is 19.8 Å². The van der Waals surface area contributed by atoms with Gasteiger partial charge in [0.15, 0.2) is 0 Å². The summed E-state index contributed by atoms with van der Waals surface area (Å²) in [4.78, 5) is 12.4. The van der Waals surface area contributed by atoms with Gasteiger partial charge in [0.1, 0.15) is 5.69 Å². The topological polar surface area (TPSA) is 72.9 Å². The summed E-state index contributed by atoms with van der Waals surface area (Å²) in [7, 11) is 1.79. The fourth-order valence-electron chi connectivity index (χ4n) is 3.14. The van der Waals surface area contributed by atoms with Crippen LogP contribution >= 0.6 is 0 Å². The number of nitrogens with two attached hydrogens (primary N) is 1. The number of carbonyl (C=O) groups excluding carboxylic acids is 1. The maximum atomic E-state index is 12.4. The highest BCUT2D eigenvalue weighted by molar-refractivity contribution is 5.93. The predicted octanol–water partition coefficient (Wildman–Crippen LogP) is 1.37. The zero-order valence-corrected chi connectivity index (χ0v) is 12.1. The molecular weight excluding hydrogens is 240 g/mol. The monoisotopic (exact) mass is 264 g/mol. The Morgan fingerprint density at radius 1 is 1.68 bits per heavy atom. The first-order chi connectivity index (χ1) is 8.96. The minimum atomic E-state index is -0.243.